The van der Waals surface area contributed by atoms with E-state index in [9.17, 15) is 18.8 Å². The molecule has 4 aromatic rings. The van der Waals surface area contributed by atoms with Crippen LogP contribution in [0.5, 0.6) is 0 Å². The van der Waals surface area contributed by atoms with Crippen molar-refractivity contribution in [3.8, 4) is 0 Å². The summed E-state index contributed by atoms with van der Waals surface area (Å²) in [4.78, 5) is 38.5. The topological polar surface area (TPSA) is 125 Å². The number of aromatic nitrogens is 4. The molecule has 0 spiro atoms. The highest BCUT2D eigenvalue weighted by molar-refractivity contribution is 5.98. The number of benzene rings is 2. The first kappa shape index (κ1) is 21.1. The van der Waals surface area contributed by atoms with E-state index in [4.69, 9.17) is 5.73 Å². The molecule has 0 aliphatic heterocycles. The molecule has 1 atom stereocenters. The summed E-state index contributed by atoms with van der Waals surface area (Å²) in [5.74, 6) is -0.964. The van der Waals surface area contributed by atoms with E-state index in [0.717, 1.165) is 4.57 Å². The zero-order valence-electron chi connectivity index (χ0n) is 17.0. The molecule has 0 aliphatic carbocycles. The molecule has 0 radical (unpaired) electrons. The molecular weight excluding hydrogens is 415 g/mol. The van der Waals surface area contributed by atoms with Gasteiger partial charge in [-0.2, -0.15) is 10.2 Å². The van der Waals surface area contributed by atoms with E-state index in [0.29, 0.717) is 16.6 Å². The Morgan fingerprint density at radius 2 is 1.97 bits per heavy atom. The largest absolute Gasteiger partial charge is 0.333 e. The Kier molecular flexibility index (Phi) is 5.61. The molecule has 2 aromatic carbocycles. The van der Waals surface area contributed by atoms with Gasteiger partial charge in [-0.15, -0.1) is 0 Å². The van der Waals surface area contributed by atoms with Crippen LogP contribution in [0.2, 0.25) is 0 Å². The van der Waals surface area contributed by atoms with Gasteiger partial charge in [0, 0.05) is 24.4 Å². The first-order valence-corrected chi connectivity index (χ1v) is 9.66. The number of carbonyl (C=O) groups excluding carboxylic acids is 1. The molecule has 1 unspecified atom stereocenters. The van der Waals surface area contributed by atoms with Crippen molar-refractivity contribution in [1.29, 1.82) is 0 Å². The molecule has 3 N–H and O–H groups in total. The average molecular weight is 434 g/mol. The summed E-state index contributed by atoms with van der Waals surface area (Å²) in [5, 5.41) is 10.2. The van der Waals surface area contributed by atoms with Gasteiger partial charge < -0.3 is 11.1 Å². The van der Waals surface area contributed by atoms with Crippen LogP contribution in [0, 0.1) is 5.82 Å². The normalized spacial score (nSPS) is 12.0. The number of rotatable bonds is 5. The third kappa shape index (κ3) is 4.03. The molecule has 0 saturated carbocycles. The number of hydrogen-bond acceptors (Lipinski definition) is 6. The Balaban J connectivity index is 1.72. The molecule has 4 rings (SSSR count). The third-order valence-electron chi connectivity index (χ3n) is 5.10. The molecule has 10 heteroatoms. The molecule has 0 aliphatic rings. The standard InChI is InChI=1S/C22H19FN6O3/c1-28-18-6-5-14(20(30)27-19(24)15-7-8-25-26-11-15)10-17(18)21(31)29(22(28)32)12-13-3-2-4-16(23)9-13/h2-11,19H,12,24H2,1H3,(H,27,30). The molecule has 162 valence electrons. The van der Waals surface area contributed by atoms with Crippen LogP contribution in [-0.4, -0.2) is 25.2 Å². The summed E-state index contributed by atoms with van der Waals surface area (Å²) in [6.07, 6.45) is 2.07. The monoisotopic (exact) mass is 434 g/mol. The predicted molar refractivity (Wildman–Crippen MR) is 115 cm³/mol. The summed E-state index contributed by atoms with van der Waals surface area (Å²) in [7, 11) is 1.53. The van der Waals surface area contributed by atoms with E-state index in [1.54, 1.807) is 12.1 Å². The van der Waals surface area contributed by atoms with Crippen molar-refractivity contribution in [1.82, 2.24) is 24.6 Å². The van der Waals surface area contributed by atoms with Crippen LogP contribution in [0.15, 0.2) is 70.5 Å². The quantitative estimate of drug-likeness (QED) is 0.453. The molecule has 1 amide bonds. The zero-order chi connectivity index (χ0) is 22.8. The van der Waals surface area contributed by atoms with Gasteiger partial charge in [-0.05, 0) is 42.0 Å². The van der Waals surface area contributed by atoms with Crippen LogP contribution in [0.4, 0.5) is 4.39 Å². The van der Waals surface area contributed by atoms with Gasteiger partial charge in [-0.3, -0.25) is 18.7 Å². The number of amides is 1. The van der Waals surface area contributed by atoms with Gasteiger partial charge in [0.05, 0.1) is 23.6 Å². The molecular formula is C22H19FN6O3. The Bertz CT molecular complexity index is 1430. The molecule has 2 heterocycles. The Morgan fingerprint density at radius 1 is 1.16 bits per heavy atom. The fourth-order valence-electron chi connectivity index (χ4n) is 3.41. The van der Waals surface area contributed by atoms with Crippen molar-refractivity contribution in [2.24, 2.45) is 12.8 Å². The number of carbonyl (C=O) groups is 1. The van der Waals surface area contributed by atoms with Crippen molar-refractivity contribution < 1.29 is 9.18 Å². The first-order chi connectivity index (χ1) is 15.3. The maximum Gasteiger partial charge on any atom is 0.331 e. The molecule has 9 nitrogen and oxygen atoms in total. The second kappa shape index (κ2) is 8.52. The van der Waals surface area contributed by atoms with Crippen LogP contribution in [0.3, 0.4) is 0 Å². The van der Waals surface area contributed by atoms with E-state index in [2.05, 4.69) is 15.5 Å². The van der Waals surface area contributed by atoms with Gasteiger partial charge in [0.1, 0.15) is 12.0 Å². The van der Waals surface area contributed by atoms with Crippen molar-refractivity contribution in [3.63, 3.8) is 0 Å². The van der Waals surface area contributed by atoms with Gasteiger partial charge in [-0.1, -0.05) is 12.1 Å². The average Bonchev–Trinajstić information content (AvgIpc) is 2.80. The van der Waals surface area contributed by atoms with Gasteiger partial charge >= 0.3 is 5.69 Å². The number of halogens is 1. The second-order valence-electron chi connectivity index (χ2n) is 7.22. The molecule has 2 aromatic heterocycles. The van der Waals surface area contributed by atoms with E-state index < -0.39 is 29.1 Å². The highest BCUT2D eigenvalue weighted by atomic mass is 19.1. The van der Waals surface area contributed by atoms with Crippen molar-refractivity contribution >= 4 is 16.8 Å². The maximum atomic E-state index is 13.5. The van der Waals surface area contributed by atoms with Gasteiger partial charge in [0.25, 0.3) is 11.5 Å². The van der Waals surface area contributed by atoms with E-state index >= 15 is 0 Å². The lowest BCUT2D eigenvalue weighted by atomic mass is 10.1. The Labute approximate surface area is 180 Å². The van der Waals surface area contributed by atoms with Crippen LogP contribution < -0.4 is 22.3 Å². The fraction of sp³-hybridized carbons (Fsp3) is 0.136. The van der Waals surface area contributed by atoms with Crippen LogP contribution in [-0.2, 0) is 13.6 Å². The van der Waals surface area contributed by atoms with E-state index in [-0.39, 0.29) is 17.5 Å². The van der Waals surface area contributed by atoms with Crippen molar-refractivity contribution in [2.75, 3.05) is 0 Å². The summed E-state index contributed by atoms with van der Waals surface area (Å²) in [6.45, 7) is -0.102. The minimum Gasteiger partial charge on any atom is -0.333 e. The first-order valence-electron chi connectivity index (χ1n) is 9.66. The second-order valence-corrected chi connectivity index (χ2v) is 7.22. The molecule has 0 saturated heterocycles. The van der Waals surface area contributed by atoms with E-state index in [1.165, 1.54) is 60.4 Å². The van der Waals surface area contributed by atoms with Crippen LogP contribution >= 0.6 is 0 Å². The molecule has 32 heavy (non-hydrogen) atoms. The number of aryl methyl sites for hydroxylation is 1. The number of nitrogens with one attached hydrogen (secondary N) is 1. The lowest BCUT2D eigenvalue weighted by molar-refractivity contribution is 0.0938. The number of nitrogens with two attached hydrogens (primary N) is 1. The summed E-state index contributed by atoms with van der Waals surface area (Å²) in [6, 6.07) is 11.7. The van der Waals surface area contributed by atoms with Gasteiger partial charge in [-0.25, -0.2) is 9.18 Å². The smallest absolute Gasteiger partial charge is 0.331 e. The van der Waals surface area contributed by atoms with Gasteiger partial charge in [0.2, 0.25) is 0 Å². The summed E-state index contributed by atoms with van der Waals surface area (Å²) < 4.78 is 15.9. The number of fused-ring (bicyclic) bond motifs is 1. The lowest BCUT2D eigenvalue weighted by Gasteiger charge is -2.15. The van der Waals surface area contributed by atoms with E-state index in [1.807, 2.05) is 0 Å². The lowest BCUT2D eigenvalue weighted by Crippen LogP contribution is -2.39. The van der Waals surface area contributed by atoms with Gasteiger partial charge in [0.15, 0.2) is 0 Å². The highest BCUT2D eigenvalue weighted by Gasteiger charge is 2.16. The number of hydrogen-bond donors (Lipinski definition) is 2. The molecule has 0 fully saturated rings. The fourth-order valence-corrected chi connectivity index (χ4v) is 3.41. The zero-order valence-corrected chi connectivity index (χ0v) is 17.0. The summed E-state index contributed by atoms with van der Waals surface area (Å²) >= 11 is 0. The van der Waals surface area contributed by atoms with Crippen LogP contribution in [0.25, 0.3) is 10.9 Å². The maximum absolute atomic E-state index is 13.5. The minimum atomic E-state index is -0.821. The minimum absolute atomic E-state index is 0.102. The SMILES string of the molecule is Cn1c(=O)n(Cc2cccc(F)c2)c(=O)c2cc(C(=O)NC(N)c3ccnnc3)ccc21. The van der Waals surface area contributed by atoms with Crippen molar-refractivity contribution in [3.05, 3.63) is 104 Å². The van der Waals surface area contributed by atoms with Crippen molar-refractivity contribution in [2.45, 2.75) is 12.7 Å². The summed E-state index contributed by atoms with van der Waals surface area (Å²) in [5.41, 5.74) is 6.47. The third-order valence-corrected chi connectivity index (χ3v) is 5.10. The Hall–Kier alpha value is -4.18. The highest BCUT2D eigenvalue weighted by Crippen LogP contribution is 2.13. The Morgan fingerprint density at radius 3 is 2.69 bits per heavy atom. The van der Waals surface area contributed by atoms with Crippen LogP contribution in [0.1, 0.15) is 27.7 Å². The number of nitrogens with zero attached hydrogens (tertiary/aromatic N) is 4. The molecule has 0 bridgehead atoms. The predicted octanol–water partition coefficient (Wildman–Crippen LogP) is 1.06.